The summed E-state index contributed by atoms with van der Waals surface area (Å²) in [6, 6.07) is 8.00. The largest absolute Gasteiger partial charge is 0.375 e. The first-order chi connectivity index (χ1) is 6.40. The third kappa shape index (κ3) is 2.08. The first-order valence-corrected chi connectivity index (χ1v) is 4.70. The molecule has 0 amide bonds. The first kappa shape index (κ1) is 9.78. The molecule has 2 nitrogen and oxygen atoms in total. The van der Waals surface area contributed by atoms with Gasteiger partial charge in [0, 0.05) is 12.1 Å². The molecule has 0 aromatic heterocycles. The number of para-hydroxylation sites is 1. The Balaban J connectivity index is 0.000000396. The van der Waals surface area contributed by atoms with Crippen molar-refractivity contribution in [1.82, 2.24) is 0 Å². The smallest absolute Gasteiger partial charge is 0.142 e. The van der Waals surface area contributed by atoms with Crippen LogP contribution >= 0.6 is 0 Å². The molecule has 0 aliphatic carbocycles. The van der Waals surface area contributed by atoms with E-state index in [9.17, 15) is 4.79 Å². The predicted molar refractivity (Wildman–Crippen MR) is 55.0 cm³/mol. The molecule has 0 saturated heterocycles. The summed E-state index contributed by atoms with van der Waals surface area (Å²) in [4.78, 5) is 10.4. The van der Waals surface area contributed by atoms with Crippen LogP contribution in [-0.2, 0) is 11.2 Å². The van der Waals surface area contributed by atoms with Crippen molar-refractivity contribution in [3.8, 4) is 0 Å². The number of hydrogen-bond acceptors (Lipinski definition) is 2. The van der Waals surface area contributed by atoms with Gasteiger partial charge in [0.15, 0.2) is 0 Å². The summed E-state index contributed by atoms with van der Waals surface area (Å²) >= 11 is 0. The summed E-state index contributed by atoms with van der Waals surface area (Å²) in [6.07, 6.45) is 1.79. The van der Waals surface area contributed by atoms with Crippen LogP contribution in [0.2, 0.25) is 0 Å². The molecular weight excluding hydrogens is 162 g/mol. The lowest BCUT2D eigenvalue weighted by molar-refractivity contribution is -0.108. The molecule has 1 atom stereocenters. The van der Waals surface area contributed by atoms with Gasteiger partial charge in [0.25, 0.3) is 0 Å². The highest BCUT2D eigenvalue weighted by Gasteiger charge is 2.17. The van der Waals surface area contributed by atoms with E-state index in [0.29, 0.717) is 0 Å². The molecule has 0 fully saturated rings. The topological polar surface area (TPSA) is 29.1 Å². The van der Waals surface area contributed by atoms with E-state index in [1.54, 1.807) is 0 Å². The van der Waals surface area contributed by atoms with Crippen molar-refractivity contribution in [2.45, 2.75) is 26.3 Å². The van der Waals surface area contributed by atoms with E-state index in [1.165, 1.54) is 5.56 Å². The van der Waals surface area contributed by atoms with Gasteiger partial charge in [-0.05, 0) is 11.6 Å². The quantitative estimate of drug-likeness (QED) is 0.666. The summed E-state index contributed by atoms with van der Waals surface area (Å²) in [5.41, 5.74) is 2.34. The molecule has 1 aliphatic rings. The molecule has 1 aromatic rings. The summed E-state index contributed by atoms with van der Waals surface area (Å²) < 4.78 is 0. The molecule has 2 heteroatoms. The monoisotopic (exact) mass is 177 g/mol. The number of aldehydes is 1. The molecule has 2 rings (SSSR count). The molecule has 1 aromatic carbocycles. The lowest BCUT2D eigenvalue weighted by atomic mass is 10.1. The average Bonchev–Trinajstić information content (AvgIpc) is 2.63. The van der Waals surface area contributed by atoms with Crippen LogP contribution in [0.1, 0.15) is 19.4 Å². The third-order valence-corrected chi connectivity index (χ3v) is 1.96. The summed E-state index contributed by atoms with van der Waals surface area (Å²) in [5, 5.41) is 3.12. The van der Waals surface area contributed by atoms with E-state index in [2.05, 4.69) is 5.32 Å². The SMILES string of the molecule is CC.O=CC1Cc2ccccc2N1. The molecule has 13 heavy (non-hydrogen) atoms. The first-order valence-electron chi connectivity index (χ1n) is 4.70. The van der Waals surface area contributed by atoms with Crippen LogP contribution in [0.3, 0.4) is 0 Å². The zero-order chi connectivity index (χ0) is 9.68. The lowest BCUT2D eigenvalue weighted by Crippen LogP contribution is -2.15. The van der Waals surface area contributed by atoms with Gasteiger partial charge < -0.3 is 10.1 Å². The minimum Gasteiger partial charge on any atom is -0.375 e. The van der Waals surface area contributed by atoms with Crippen LogP contribution in [0.15, 0.2) is 24.3 Å². The molecule has 1 N–H and O–H groups in total. The maximum absolute atomic E-state index is 10.4. The fourth-order valence-electron chi connectivity index (χ4n) is 1.41. The van der Waals surface area contributed by atoms with E-state index in [0.717, 1.165) is 18.4 Å². The van der Waals surface area contributed by atoms with E-state index >= 15 is 0 Å². The molecular formula is C11H15NO. The second kappa shape index (κ2) is 4.65. The maximum atomic E-state index is 10.4. The number of carbonyl (C=O) groups excluding carboxylic acids is 1. The Labute approximate surface area is 79.0 Å². The molecule has 70 valence electrons. The summed E-state index contributed by atoms with van der Waals surface area (Å²) in [5.74, 6) is 0. The number of fused-ring (bicyclic) bond motifs is 1. The zero-order valence-electron chi connectivity index (χ0n) is 8.08. The highest BCUT2D eigenvalue weighted by atomic mass is 16.1. The number of anilines is 1. The maximum Gasteiger partial charge on any atom is 0.142 e. The van der Waals surface area contributed by atoms with Crippen molar-refractivity contribution in [3.05, 3.63) is 29.8 Å². The summed E-state index contributed by atoms with van der Waals surface area (Å²) in [6.45, 7) is 4.00. The third-order valence-electron chi connectivity index (χ3n) is 1.96. The van der Waals surface area contributed by atoms with Gasteiger partial charge in [-0.3, -0.25) is 0 Å². The Morgan fingerprint density at radius 3 is 2.69 bits per heavy atom. The zero-order valence-corrected chi connectivity index (χ0v) is 8.08. The minimum absolute atomic E-state index is 0.00704. The fraction of sp³-hybridized carbons (Fsp3) is 0.364. The second-order valence-corrected chi connectivity index (χ2v) is 2.75. The Kier molecular flexibility index (Phi) is 3.50. The van der Waals surface area contributed by atoms with Crippen LogP contribution in [0.25, 0.3) is 0 Å². The second-order valence-electron chi connectivity index (χ2n) is 2.75. The van der Waals surface area contributed by atoms with Crippen molar-refractivity contribution in [1.29, 1.82) is 0 Å². The van der Waals surface area contributed by atoms with Gasteiger partial charge >= 0.3 is 0 Å². The van der Waals surface area contributed by atoms with Crippen LogP contribution in [0, 0.1) is 0 Å². The number of rotatable bonds is 1. The highest BCUT2D eigenvalue weighted by Crippen LogP contribution is 2.23. The molecule has 1 unspecified atom stereocenters. The van der Waals surface area contributed by atoms with Gasteiger partial charge in [0.05, 0.1) is 6.04 Å². The van der Waals surface area contributed by atoms with E-state index in [1.807, 2.05) is 38.1 Å². The van der Waals surface area contributed by atoms with E-state index < -0.39 is 0 Å². The van der Waals surface area contributed by atoms with Crippen molar-refractivity contribution < 1.29 is 4.79 Å². The number of hydrogen-bond donors (Lipinski definition) is 1. The van der Waals surface area contributed by atoms with Crippen molar-refractivity contribution in [2.75, 3.05) is 5.32 Å². The normalized spacial score (nSPS) is 17.8. The average molecular weight is 177 g/mol. The standard InChI is InChI=1S/C9H9NO.C2H6/c11-6-8-5-7-3-1-2-4-9(7)10-8;1-2/h1-4,6,8,10H,5H2;1-2H3. The molecule has 1 aliphatic heterocycles. The number of nitrogens with one attached hydrogen (secondary N) is 1. The highest BCUT2D eigenvalue weighted by molar-refractivity contribution is 5.71. The minimum atomic E-state index is -0.00704. The summed E-state index contributed by atoms with van der Waals surface area (Å²) in [7, 11) is 0. The lowest BCUT2D eigenvalue weighted by Gasteiger charge is -1.99. The molecule has 0 radical (unpaired) electrons. The Morgan fingerprint density at radius 1 is 1.38 bits per heavy atom. The Hall–Kier alpha value is -1.31. The van der Waals surface area contributed by atoms with Gasteiger partial charge in [0.2, 0.25) is 0 Å². The van der Waals surface area contributed by atoms with E-state index in [-0.39, 0.29) is 6.04 Å². The number of carbonyl (C=O) groups is 1. The van der Waals surface area contributed by atoms with Gasteiger partial charge in [-0.25, -0.2) is 0 Å². The van der Waals surface area contributed by atoms with Gasteiger partial charge in [0.1, 0.15) is 6.29 Å². The van der Waals surface area contributed by atoms with Crippen LogP contribution in [0.5, 0.6) is 0 Å². The number of benzene rings is 1. The van der Waals surface area contributed by atoms with Crippen LogP contribution in [0.4, 0.5) is 5.69 Å². The fourth-order valence-corrected chi connectivity index (χ4v) is 1.41. The Morgan fingerprint density at radius 2 is 2.08 bits per heavy atom. The van der Waals surface area contributed by atoms with Crippen LogP contribution in [-0.4, -0.2) is 12.3 Å². The molecule has 1 heterocycles. The Bertz CT molecular complexity index is 258. The van der Waals surface area contributed by atoms with Crippen LogP contribution < -0.4 is 5.32 Å². The predicted octanol–water partition coefficient (Wildman–Crippen LogP) is 2.25. The van der Waals surface area contributed by atoms with Crippen molar-refractivity contribution in [3.63, 3.8) is 0 Å². The van der Waals surface area contributed by atoms with E-state index in [4.69, 9.17) is 0 Å². The van der Waals surface area contributed by atoms with Gasteiger partial charge in [-0.2, -0.15) is 0 Å². The van der Waals surface area contributed by atoms with Gasteiger partial charge in [-0.15, -0.1) is 0 Å². The van der Waals surface area contributed by atoms with Crippen molar-refractivity contribution in [2.24, 2.45) is 0 Å². The molecule has 0 spiro atoms. The van der Waals surface area contributed by atoms with Crippen molar-refractivity contribution >= 4 is 12.0 Å². The molecule has 0 saturated carbocycles. The molecule has 0 bridgehead atoms. The van der Waals surface area contributed by atoms with Gasteiger partial charge in [-0.1, -0.05) is 32.0 Å².